The molecular formula is CCl6KNa. The van der Waals surface area contributed by atoms with Crippen molar-refractivity contribution in [1.82, 2.24) is 0 Å². The van der Waals surface area contributed by atoms with Crippen LogP contribution in [0.5, 0.6) is 0 Å². The van der Waals surface area contributed by atoms with Gasteiger partial charge in [-0.3, -0.25) is 0 Å². The maximum atomic E-state index is 4.83. The minimum Gasteiger partial charge on any atom is -1.00 e. The Morgan fingerprint density at radius 2 is 0.778 bits per heavy atom. The van der Waals surface area contributed by atoms with Crippen molar-refractivity contribution in [3.05, 3.63) is 0 Å². The molecule has 0 atom stereocenters. The molecule has 0 bridgehead atoms. The van der Waals surface area contributed by atoms with Crippen molar-refractivity contribution in [1.29, 1.82) is 0 Å². The molecule has 0 unspecified atom stereocenters. The van der Waals surface area contributed by atoms with Gasteiger partial charge in [0, 0.05) is 0 Å². The molecule has 9 heavy (non-hydrogen) atoms. The second-order valence-electron chi connectivity index (χ2n) is 0.429. The second-order valence-corrected chi connectivity index (χ2v) is 3.86. The summed E-state index contributed by atoms with van der Waals surface area (Å²) < 4.78 is -1.61. The maximum Gasteiger partial charge on any atom is 1.00 e. The van der Waals surface area contributed by atoms with Gasteiger partial charge in [0.15, 0.2) is 0 Å². The molecule has 0 rings (SSSR count). The van der Waals surface area contributed by atoms with Crippen molar-refractivity contribution in [2.75, 3.05) is 0 Å². The minimum absolute atomic E-state index is 0. The number of hydrogen-bond acceptors (Lipinski definition) is 0. The van der Waals surface area contributed by atoms with Gasteiger partial charge in [0.25, 0.3) is 3.25 Å². The fourth-order valence-corrected chi connectivity index (χ4v) is 0. The van der Waals surface area contributed by atoms with Crippen molar-refractivity contribution in [3.8, 4) is 0 Å². The second kappa shape index (κ2) is 14.9. The maximum absolute atomic E-state index is 4.83. The largest absolute Gasteiger partial charge is 1.00 e. The minimum atomic E-state index is -1.61. The average Bonchev–Trinajstić information content (AvgIpc) is 0.722. The summed E-state index contributed by atoms with van der Waals surface area (Å²) in [5.74, 6) is 0. The summed E-state index contributed by atoms with van der Waals surface area (Å²) in [6.07, 6.45) is 0. The molecule has 0 spiro atoms. The van der Waals surface area contributed by atoms with Crippen LogP contribution in [0.3, 0.4) is 0 Å². The van der Waals surface area contributed by atoms with Crippen molar-refractivity contribution >= 4 is 46.4 Å². The van der Waals surface area contributed by atoms with Crippen LogP contribution in [0.4, 0.5) is 0 Å². The molecule has 0 aromatic carbocycles. The Balaban J connectivity index is -0.0000000133. The number of alkyl halides is 4. The van der Waals surface area contributed by atoms with Gasteiger partial charge in [0.2, 0.25) is 0 Å². The summed E-state index contributed by atoms with van der Waals surface area (Å²) in [5.41, 5.74) is 0. The Hall–Kier alpha value is 4.38. The molecule has 0 heterocycles. The topological polar surface area (TPSA) is 0 Å². The molecule has 0 N–H and O–H groups in total. The third-order valence-corrected chi connectivity index (χ3v) is 0. The van der Waals surface area contributed by atoms with E-state index in [2.05, 4.69) is 0 Å². The van der Waals surface area contributed by atoms with E-state index in [0.29, 0.717) is 0 Å². The zero-order valence-electron chi connectivity index (χ0n) is 4.77. The number of halogens is 6. The number of rotatable bonds is 0. The van der Waals surface area contributed by atoms with Gasteiger partial charge in [-0.15, -0.1) is 0 Å². The molecule has 0 saturated heterocycles. The van der Waals surface area contributed by atoms with E-state index in [1.54, 1.807) is 0 Å². The van der Waals surface area contributed by atoms with Gasteiger partial charge < -0.3 is 24.8 Å². The first-order valence-corrected chi connectivity index (χ1v) is 2.27. The van der Waals surface area contributed by atoms with E-state index in [4.69, 9.17) is 46.4 Å². The molecule has 0 saturated carbocycles. The van der Waals surface area contributed by atoms with Gasteiger partial charge in [0.1, 0.15) is 0 Å². The number of hydrogen-bond donors (Lipinski definition) is 0. The molecule has 0 aliphatic heterocycles. The van der Waals surface area contributed by atoms with Gasteiger partial charge in [-0.05, 0) is 0 Å². The normalized spacial score (nSPS) is 6.67. The van der Waals surface area contributed by atoms with Crippen molar-refractivity contribution in [2.45, 2.75) is 3.25 Å². The van der Waals surface area contributed by atoms with E-state index in [0.717, 1.165) is 0 Å². The fraction of sp³-hybridized carbons (Fsp3) is 1.00. The van der Waals surface area contributed by atoms with E-state index >= 15 is 0 Å². The molecule has 0 amide bonds. The predicted octanol–water partition coefficient (Wildman–Crippen LogP) is -9.43. The monoisotopic (exact) mass is 284 g/mol. The van der Waals surface area contributed by atoms with Crippen molar-refractivity contribution in [2.24, 2.45) is 0 Å². The molecule has 0 aromatic heterocycles. The van der Waals surface area contributed by atoms with Crippen LogP contribution in [-0.2, 0) is 0 Å². The Morgan fingerprint density at radius 3 is 0.778 bits per heavy atom. The quantitative estimate of drug-likeness (QED) is 0.307. The first-order chi connectivity index (χ1) is 2.00. The van der Waals surface area contributed by atoms with Gasteiger partial charge in [-0.25, -0.2) is 0 Å². The van der Waals surface area contributed by atoms with Crippen LogP contribution in [-0.4, -0.2) is 3.25 Å². The van der Waals surface area contributed by atoms with Gasteiger partial charge >= 0.3 is 80.9 Å². The van der Waals surface area contributed by atoms with Crippen molar-refractivity contribution < 1.29 is 106 Å². The Labute approximate surface area is 152 Å². The van der Waals surface area contributed by atoms with Crippen LogP contribution < -0.4 is 106 Å². The zero-order chi connectivity index (χ0) is 4.50. The van der Waals surface area contributed by atoms with E-state index in [1.165, 1.54) is 0 Å². The summed E-state index contributed by atoms with van der Waals surface area (Å²) >= 11 is 19.3. The molecule has 8 heteroatoms. The molecule has 0 radical (unpaired) electrons. The van der Waals surface area contributed by atoms with Crippen LogP contribution in [0.1, 0.15) is 0 Å². The summed E-state index contributed by atoms with van der Waals surface area (Å²) in [4.78, 5) is 0. The summed E-state index contributed by atoms with van der Waals surface area (Å²) in [5, 5.41) is 0. The van der Waals surface area contributed by atoms with Crippen LogP contribution >= 0.6 is 46.4 Å². The first-order valence-electron chi connectivity index (χ1n) is 0.756. The smallest absolute Gasteiger partial charge is 1.00 e. The van der Waals surface area contributed by atoms with E-state index in [-0.39, 0.29) is 106 Å². The van der Waals surface area contributed by atoms with E-state index in [1.807, 2.05) is 0 Å². The predicted molar refractivity (Wildman–Crippen MR) is 26.1 cm³/mol. The third-order valence-electron chi connectivity index (χ3n) is 0. The van der Waals surface area contributed by atoms with Crippen LogP contribution in [0.2, 0.25) is 0 Å². The molecular weight excluding hydrogens is 287 g/mol. The Kier molecular flexibility index (Phi) is 48.3. The molecule has 0 fully saturated rings. The SMILES string of the molecule is ClC(Cl)(Cl)Cl.[Cl-].[Cl-].[K+].[Na+]. The summed E-state index contributed by atoms with van der Waals surface area (Å²) in [7, 11) is 0. The average molecular weight is 287 g/mol. The van der Waals surface area contributed by atoms with Gasteiger partial charge in [0.05, 0.1) is 0 Å². The van der Waals surface area contributed by atoms with Crippen molar-refractivity contribution in [3.63, 3.8) is 0 Å². The molecule has 0 aliphatic rings. The van der Waals surface area contributed by atoms with E-state index in [9.17, 15) is 0 Å². The summed E-state index contributed by atoms with van der Waals surface area (Å²) in [6, 6.07) is 0. The Morgan fingerprint density at radius 1 is 0.778 bits per heavy atom. The van der Waals surface area contributed by atoms with Crippen LogP contribution in [0.15, 0.2) is 0 Å². The van der Waals surface area contributed by atoms with E-state index < -0.39 is 3.25 Å². The fourth-order valence-electron chi connectivity index (χ4n) is 0. The van der Waals surface area contributed by atoms with Gasteiger partial charge in [-0.2, -0.15) is 0 Å². The van der Waals surface area contributed by atoms with Gasteiger partial charge in [-0.1, -0.05) is 46.4 Å². The standard InChI is InChI=1S/CCl4.2ClH.K.Na/c2-1(3,4)5;;;;/h;2*1H;;/q;;;2*+1/p-2. The van der Waals surface area contributed by atoms with Crippen LogP contribution in [0, 0.1) is 0 Å². The summed E-state index contributed by atoms with van der Waals surface area (Å²) in [6.45, 7) is 0. The molecule has 0 nitrogen and oxygen atoms in total. The molecule has 48 valence electrons. The Bertz CT molecular complexity index is 28.5. The third kappa shape index (κ3) is 69.6. The van der Waals surface area contributed by atoms with Crippen LogP contribution in [0.25, 0.3) is 0 Å². The molecule has 0 aliphatic carbocycles. The molecule has 0 aromatic rings. The first kappa shape index (κ1) is 29.2. The zero-order valence-corrected chi connectivity index (χ0v) is 14.4.